The summed E-state index contributed by atoms with van der Waals surface area (Å²) in [5.41, 5.74) is 1.23. The molecule has 3 nitrogen and oxygen atoms in total. The van der Waals surface area contributed by atoms with Crippen LogP contribution in [0.15, 0.2) is 22.7 Å². The van der Waals surface area contributed by atoms with Gasteiger partial charge < -0.3 is 10.1 Å². The van der Waals surface area contributed by atoms with Gasteiger partial charge in [0, 0.05) is 29.7 Å². The van der Waals surface area contributed by atoms with Crippen molar-refractivity contribution in [2.24, 2.45) is 0 Å². The molecule has 0 aromatic heterocycles. The van der Waals surface area contributed by atoms with Gasteiger partial charge in [-0.25, -0.2) is 0 Å². The molecule has 0 aliphatic rings. The summed E-state index contributed by atoms with van der Waals surface area (Å²) in [5, 5.41) is 3.36. The molecule has 0 atom stereocenters. The number of rotatable bonds is 8. The Morgan fingerprint density at radius 1 is 1.33 bits per heavy atom. The number of likely N-dealkylation sites (N-methyl/N-ethyl adjacent to an activating group) is 2. The zero-order valence-electron chi connectivity index (χ0n) is 11.5. The first-order valence-electron chi connectivity index (χ1n) is 6.46. The summed E-state index contributed by atoms with van der Waals surface area (Å²) in [6.45, 7) is 9.40. The maximum atomic E-state index is 5.41. The summed E-state index contributed by atoms with van der Waals surface area (Å²) >= 11 is 3.51. The van der Waals surface area contributed by atoms with Crippen molar-refractivity contribution in [3.63, 3.8) is 0 Å². The van der Waals surface area contributed by atoms with Crippen molar-refractivity contribution in [2.45, 2.75) is 20.4 Å². The lowest BCUT2D eigenvalue weighted by Crippen LogP contribution is -2.31. The molecular formula is C14H23BrN2O. The van der Waals surface area contributed by atoms with Gasteiger partial charge in [0.2, 0.25) is 0 Å². The molecule has 1 aromatic carbocycles. The largest absolute Gasteiger partial charge is 0.496 e. The van der Waals surface area contributed by atoms with E-state index in [-0.39, 0.29) is 0 Å². The first-order valence-corrected chi connectivity index (χ1v) is 7.26. The van der Waals surface area contributed by atoms with Gasteiger partial charge in [-0.05, 0) is 31.3 Å². The van der Waals surface area contributed by atoms with E-state index in [9.17, 15) is 0 Å². The monoisotopic (exact) mass is 314 g/mol. The normalized spacial score (nSPS) is 10.9. The molecule has 0 spiro atoms. The highest BCUT2D eigenvalue weighted by atomic mass is 79.9. The summed E-state index contributed by atoms with van der Waals surface area (Å²) in [5.74, 6) is 0.958. The Balaban J connectivity index is 2.65. The summed E-state index contributed by atoms with van der Waals surface area (Å²) in [7, 11) is 1.72. The molecule has 1 rings (SSSR count). The lowest BCUT2D eigenvalue weighted by Gasteiger charge is -2.22. The second-order valence-corrected chi connectivity index (χ2v) is 5.09. The zero-order chi connectivity index (χ0) is 13.4. The highest BCUT2D eigenvalue weighted by Gasteiger charge is 2.08. The summed E-state index contributed by atoms with van der Waals surface area (Å²) < 4.78 is 6.51. The van der Waals surface area contributed by atoms with Gasteiger partial charge in [0.25, 0.3) is 0 Å². The molecule has 0 aliphatic carbocycles. The second-order valence-electron chi connectivity index (χ2n) is 4.18. The van der Waals surface area contributed by atoms with Gasteiger partial charge in [0.1, 0.15) is 5.75 Å². The van der Waals surface area contributed by atoms with Crippen molar-refractivity contribution in [1.29, 1.82) is 0 Å². The van der Waals surface area contributed by atoms with Crippen molar-refractivity contribution >= 4 is 15.9 Å². The Labute approximate surface area is 119 Å². The Morgan fingerprint density at radius 3 is 2.72 bits per heavy atom. The van der Waals surface area contributed by atoms with Crippen molar-refractivity contribution in [3.05, 3.63) is 28.2 Å². The third-order valence-corrected chi connectivity index (χ3v) is 3.43. The van der Waals surface area contributed by atoms with Crippen LogP contribution in [0.5, 0.6) is 5.75 Å². The van der Waals surface area contributed by atoms with Crippen molar-refractivity contribution in [3.8, 4) is 5.75 Å². The topological polar surface area (TPSA) is 24.5 Å². The van der Waals surface area contributed by atoms with Crippen LogP contribution < -0.4 is 10.1 Å². The smallest absolute Gasteiger partial charge is 0.123 e. The number of methoxy groups -OCH3 is 1. The Kier molecular flexibility index (Phi) is 7.32. The lowest BCUT2D eigenvalue weighted by atomic mass is 10.2. The number of benzene rings is 1. The number of nitrogens with one attached hydrogen (secondary N) is 1. The maximum Gasteiger partial charge on any atom is 0.123 e. The summed E-state index contributed by atoms with van der Waals surface area (Å²) in [6, 6.07) is 6.16. The molecule has 0 bridgehead atoms. The minimum atomic E-state index is 0.921. The number of nitrogens with zero attached hydrogens (tertiary/aromatic N) is 1. The van der Waals surface area contributed by atoms with Crippen LogP contribution in [0, 0.1) is 0 Å². The Bertz CT molecular complexity index is 358. The SMILES string of the molecule is CCNCCN(CC)Cc1cc(Br)ccc1OC. The van der Waals surface area contributed by atoms with Gasteiger partial charge in [0.05, 0.1) is 7.11 Å². The number of ether oxygens (including phenoxy) is 1. The maximum absolute atomic E-state index is 5.41. The predicted octanol–water partition coefficient (Wildman–Crippen LogP) is 2.89. The quantitative estimate of drug-likeness (QED) is 0.747. The third kappa shape index (κ3) is 4.96. The van der Waals surface area contributed by atoms with E-state index < -0.39 is 0 Å². The van der Waals surface area contributed by atoms with Crippen LogP contribution in [0.25, 0.3) is 0 Å². The standard InChI is InChI=1S/C14H23BrN2O/c1-4-16-8-9-17(5-2)11-12-10-13(15)6-7-14(12)18-3/h6-7,10,16H,4-5,8-9,11H2,1-3H3. The van der Waals surface area contributed by atoms with Gasteiger partial charge in [-0.3, -0.25) is 4.90 Å². The molecule has 0 unspecified atom stereocenters. The fourth-order valence-corrected chi connectivity index (χ4v) is 2.28. The van der Waals surface area contributed by atoms with E-state index >= 15 is 0 Å². The molecule has 0 aliphatic heterocycles. The minimum absolute atomic E-state index is 0.921. The second kappa shape index (κ2) is 8.51. The molecule has 0 radical (unpaired) electrons. The average Bonchev–Trinajstić information content (AvgIpc) is 2.38. The van der Waals surface area contributed by atoms with E-state index in [2.05, 4.69) is 46.1 Å². The van der Waals surface area contributed by atoms with Gasteiger partial charge in [0.15, 0.2) is 0 Å². The number of halogens is 1. The highest BCUT2D eigenvalue weighted by molar-refractivity contribution is 9.10. The van der Waals surface area contributed by atoms with Crippen LogP contribution in [0.3, 0.4) is 0 Å². The summed E-state index contributed by atoms with van der Waals surface area (Å²) in [4.78, 5) is 2.41. The molecule has 0 saturated heterocycles. The first kappa shape index (κ1) is 15.5. The third-order valence-electron chi connectivity index (χ3n) is 2.94. The van der Waals surface area contributed by atoms with Gasteiger partial charge in [-0.1, -0.05) is 29.8 Å². The van der Waals surface area contributed by atoms with Crippen molar-refractivity contribution in [2.75, 3.05) is 33.3 Å². The van der Waals surface area contributed by atoms with Gasteiger partial charge in [-0.2, -0.15) is 0 Å². The molecule has 0 heterocycles. The Morgan fingerprint density at radius 2 is 2.11 bits per heavy atom. The van der Waals surface area contributed by atoms with Crippen LogP contribution in [-0.2, 0) is 6.54 Å². The Hall–Kier alpha value is -0.580. The van der Waals surface area contributed by atoms with Gasteiger partial charge in [-0.15, -0.1) is 0 Å². The highest BCUT2D eigenvalue weighted by Crippen LogP contribution is 2.24. The molecule has 0 fully saturated rings. The lowest BCUT2D eigenvalue weighted by molar-refractivity contribution is 0.274. The average molecular weight is 315 g/mol. The van der Waals surface area contributed by atoms with E-state index in [0.29, 0.717) is 0 Å². The van der Waals surface area contributed by atoms with Crippen LogP contribution in [0.4, 0.5) is 0 Å². The van der Waals surface area contributed by atoms with Crippen LogP contribution >= 0.6 is 15.9 Å². The molecule has 4 heteroatoms. The fourth-order valence-electron chi connectivity index (χ4n) is 1.87. The first-order chi connectivity index (χ1) is 8.71. The molecule has 102 valence electrons. The molecule has 1 aromatic rings. The van der Waals surface area contributed by atoms with Crippen LogP contribution in [0.1, 0.15) is 19.4 Å². The van der Waals surface area contributed by atoms with Crippen LogP contribution in [-0.4, -0.2) is 38.2 Å². The van der Waals surface area contributed by atoms with E-state index in [1.54, 1.807) is 7.11 Å². The van der Waals surface area contributed by atoms with E-state index in [0.717, 1.165) is 42.9 Å². The number of hydrogen-bond acceptors (Lipinski definition) is 3. The fraction of sp³-hybridized carbons (Fsp3) is 0.571. The van der Waals surface area contributed by atoms with Crippen molar-refractivity contribution < 1.29 is 4.74 Å². The predicted molar refractivity (Wildman–Crippen MR) is 80.2 cm³/mol. The minimum Gasteiger partial charge on any atom is -0.496 e. The van der Waals surface area contributed by atoms with Gasteiger partial charge >= 0.3 is 0 Å². The van der Waals surface area contributed by atoms with Crippen LogP contribution in [0.2, 0.25) is 0 Å². The molecule has 18 heavy (non-hydrogen) atoms. The molecular weight excluding hydrogens is 292 g/mol. The summed E-state index contributed by atoms with van der Waals surface area (Å²) in [6.07, 6.45) is 0. The molecule has 0 amide bonds. The van der Waals surface area contributed by atoms with E-state index in [4.69, 9.17) is 4.74 Å². The van der Waals surface area contributed by atoms with E-state index in [1.807, 2.05) is 12.1 Å². The molecule has 0 saturated carbocycles. The number of hydrogen-bond donors (Lipinski definition) is 1. The van der Waals surface area contributed by atoms with E-state index in [1.165, 1.54) is 5.56 Å². The molecule has 1 N–H and O–H groups in total. The zero-order valence-corrected chi connectivity index (χ0v) is 13.1. The van der Waals surface area contributed by atoms with Crippen molar-refractivity contribution in [1.82, 2.24) is 10.2 Å².